The van der Waals surface area contributed by atoms with Crippen LogP contribution in [0.3, 0.4) is 0 Å². The van der Waals surface area contributed by atoms with E-state index in [2.05, 4.69) is 17.6 Å². The maximum atomic E-state index is 12.6. The summed E-state index contributed by atoms with van der Waals surface area (Å²) >= 11 is 0. The van der Waals surface area contributed by atoms with Crippen LogP contribution in [0.15, 0.2) is 24.3 Å². The molecular formula is C19H30N4O2. The maximum absolute atomic E-state index is 12.6. The highest BCUT2D eigenvalue weighted by molar-refractivity contribution is 5.89. The van der Waals surface area contributed by atoms with Crippen LogP contribution in [-0.2, 0) is 11.2 Å². The van der Waals surface area contributed by atoms with E-state index >= 15 is 0 Å². The number of nitrogens with two attached hydrogens (primary N) is 1. The minimum atomic E-state index is -0.209. The minimum absolute atomic E-state index is 0.128. The second-order valence-electron chi connectivity index (χ2n) is 6.86. The summed E-state index contributed by atoms with van der Waals surface area (Å²) < 4.78 is 0. The highest BCUT2D eigenvalue weighted by Gasteiger charge is 2.28. The van der Waals surface area contributed by atoms with Crippen molar-refractivity contribution < 1.29 is 9.59 Å². The number of carbonyl (C=O) groups is 2. The second-order valence-corrected chi connectivity index (χ2v) is 6.86. The van der Waals surface area contributed by atoms with Crippen molar-refractivity contribution in [2.75, 3.05) is 25.0 Å². The molecule has 2 atom stereocenters. The first-order chi connectivity index (χ1) is 12.0. The Morgan fingerprint density at radius 2 is 2.00 bits per heavy atom. The van der Waals surface area contributed by atoms with E-state index in [1.54, 1.807) is 0 Å². The van der Waals surface area contributed by atoms with Crippen LogP contribution in [0, 0.1) is 5.92 Å². The molecule has 2 unspecified atom stereocenters. The summed E-state index contributed by atoms with van der Waals surface area (Å²) in [7, 11) is 0. The van der Waals surface area contributed by atoms with Crippen molar-refractivity contribution >= 4 is 17.6 Å². The van der Waals surface area contributed by atoms with Gasteiger partial charge >= 0.3 is 6.03 Å². The number of piperidine rings is 1. The number of anilines is 1. The number of nitrogens with zero attached hydrogens (tertiary/aromatic N) is 1. The lowest BCUT2D eigenvalue weighted by molar-refractivity contribution is -0.134. The number of urea groups is 1. The van der Waals surface area contributed by atoms with Gasteiger partial charge in [0.15, 0.2) is 0 Å². The summed E-state index contributed by atoms with van der Waals surface area (Å²) in [6.45, 7) is 6.18. The van der Waals surface area contributed by atoms with Gasteiger partial charge in [-0.3, -0.25) is 4.79 Å². The number of amides is 3. The largest absolute Gasteiger partial charge is 0.338 e. The SMILES string of the molecule is CCCNC(=O)Nc1ccc(CC(=O)N2CCC(C)CC2CN)cc1. The lowest BCUT2D eigenvalue weighted by Crippen LogP contribution is -2.49. The van der Waals surface area contributed by atoms with Gasteiger partial charge in [-0.1, -0.05) is 26.0 Å². The van der Waals surface area contributed by atoms with Crippen LogP contribution in [0.1, 0.15) is 38.7 Å². The first kappa shape index (κ1) is 19.2. The van der Waals surface area contributed by atoms with Crippen molar-refractivity contribution in [2.45, 2.75) is 45.6 Å². The molecule has 1 aromatic carbocycles. The van der Waals surface area contributed by atoms with Crippen molar-refractivity contribution in [3.63, 3.8) is 0 Å². The molecule has 0 aliphatic carbocycles. The van der Waals surface area contributed by atoms with Crippen LogP contribution in [-0.4, -0.2) is 42.5 Å². The van der Waals surface area contributed by atoms with Gasteiger partial charge in [-0.25, -0.2) is 4.79 Å². The van der Waals surface area contributed by atoms with E-state index in [0.717, 1.165) is 37.1 Å². The average Bonchev–Trinajstić information content (AvgIpc) is 2.61. The van der Waals surface area contributed by atoms with Crippen LogP contribution in [0.5, 0.6) is 0 Å². The summed E-state index contributed by atoms with van der Waals surface area (Å²) in [6, 6.07) is 7.37. The molecule has 25 heavy (non-hydrogen) atoms. The molecule has 1 aliphatic rings. The molecule has 138 valence electrons. The zero-order valence-electron chi connectivity index (χ0n) is 15.3. The summed E-state index contributed by atoms with van der Waals surface area (Å²) in [4.78, 5) is 26.2. The Labute approximate surface area is 150 Å². The van der Waals surface area contributed by atoms with Crippen LogP contribution < -0.4 is 16.4 Å². The number of nitrogens with one attached hydrogen (secondary N) is 2. The van der Waals surface area contributed by atoms with Gasteiger partial charge in [0.25, 0.3) is 0 Å². The lowest BCUT2D eigenvalue weighted by atomic mass is 9.92. The maximum Gasteiger partial charge on any atom is 0.319 e. The van der Waals surface area contributed by atoms with Gasteiger partial charge in [-0.05, 0) is 42.9 Å². The number of carbonyl (C=O) groups excluding carboxylic acids is 2. The fraction of sp³-hybridized carbons (Fsp3) is 0.579. The molecule has 1 saturated heterocycles. The molecule has 0 saturated carbocycles. The summed E-state index contributed by atoms with van der Waals surface area (Å²) in [6.07, 6.45) is 3.29. The molecule has 4 N–H and O–H groups in total. The molecule has 0 spiro atoms. The zero-order chi connectivity index (χ0) is 18.2. The second kappa shape index (κ2) is 9.42. The highest BCUT2D eigenvalue weighted by Crippen LogP contribution is 2.23. The Morgan fingerprint density at radius 3 is 2.64 bits per heavy atom. The van der Waals surface area contributed by atoms with Gasteiger partial charge in [0, 0.05) is 31.4 Å². The predicted molar refractivity (Wildman–Crippen MR) is 100 cm³/mol. The number of benzene rings is 1. The molecule has 2 rings (SSSR count). The highest BCUT2D eigenvalue weighted by atomic mass is 16.2. The van der Waals surface area contributed by atoms with E-state index in [0.29, 0.717) is 25.4 Å². The van der Waals surface area contributed by atoms with Gasteiger partial charge in [0.1, 0.15) is 0 Å². The monoisotopic (exact) mass is 346 g/mol. The molecule has 1 aliphatic heterocycles. The number of rotatable bonds is 6. The fourth-order valence-corrected chi connectivity index (χ4v) is 3.20. The van der Waals surface area contributed by atoms with E-state index in [9.17, 15) is 9.59 Å². The van der Waals surface area contributed by atoms with Crippen molar-refractivity contribution in [1.82, 2.24) is 10.2 Å². The van der Waals surface area contributed by atoms with Crippen LogP contribution in [0.4, 0.5) is 10.5 Å². The molecule has 0 radical (unpaired) electrons. The van der Waals surface area contributed by atoms with E-state index in [-0.39, 0.29) is 18.0 Å². The first-order valence-corrected chi connectivity index (χ1v) is 9.16. The third kappa shape index (κ3) is 5.74. The van der Waals surface area contributed by atoms with E-state index in [1.807, 2.05) is 36.1 Å². The summed E-state index contributed by atoms with van der Waals surface area (Å²) in [5.41, 5.74) is 7.51. The third-order valence-electron chi connectivity index (χ3n) is 4.67. The Kier molecular flexibility index (Phi) is 7.25. The molecular weight excluding hydrogens is 316 g/mol. The normalized spacial score (nSPS) is 20.2. The molecule has 0 aromatic heterocycles. The van der Waals surface area contributed by atoms with Gasteiger partial charge in [-0.15, -0.1) is 0 Å². The predicted octanol–water partition coefficient (Wildman–Crippen LogP) is 2.35. The minimum Gasteiger partial charge on any atom is -0.338 e. The number of hydrogen-bond donors (Lipinski definition) is 3. The lowest BCUT2D eigenvalue weighted by Gasteiger charge is -2.38. The summed E-state index contributed by atoms with van der Waals surface area (Å²) in [5, 5.41) is 5.54. The van der Waals surface area contributed by atoms with Crippen molar-refractivity contribution in [3.05, 3.63) is 29.8 Å². The Hall–Kier alpha value is -2.08. The fourth-order valence-electron chi connectivity index (χ4n) is 3.20. The molecule has 1 fully saturated rings. The molecule has 1 heterocycles. The van der Waals surface area contributed by atoms with E-state index < -0.39 is 0 Å². The standard InChI is InChI=1S/C19H30N4O2/c1-3-9-21-19(25)22-16-6-4-15(5-7-16)12-18(24)23-10-8-14(2)11-17(23)13-20/h4-7,14,17H,3,8-13,20H2,1-2H3,(H2,21,22,25). The number of hydrogen-bond acceptors (Lipinski definition) is 3. The summed E-state index contributed by atoms with van der Waals surface area (Å²) in [5.74, 6) is 0.755. The molecule has 6 heteroatoms. The smallest absolute Gasteiger partial charge is 0.319 e. The van der Waals surface area contributed by atoms with Gasteiger partial charge < -0.3 is 21.3 Å². The molecule has 1 aromatic rings. The molecule has 0 bridgehead atoms. The van der Waals surface area contributed by atoms with Crippen molar-refractivity contribution in [3.8, 4) is 0 Å². The Balaban J connectivity index is 1.89. The van der Waals surface area contributed by atoms with E-state index in [4.69, 9.17) is 5.73 Å². The average molecular weight is 346 g/mol. The third-order valence-corrected chi connectivity index (χ3v) is 4.67. The van der Waals surface area contributed by atoms with Crippen LogP contribution in [0.2, 0.25) is 0 Å². The zero-order valence-corrected chi connectivity index (χ0v) is 15.3. The topological polar surface area (TPSA) is 87.5 Å². The Morgan fingerprint density at radius 1 is 1.28 bits per heavy atom. The van der Waals surface area contributed by atoms with Gasteiger partial charge in [0.2, 0.25) is 5.91 Å². The molecule has 6 nitrogen and oxygen atoms in total. The van der Waals surface area contributed by atoms with Crippen molar-refractivity contribution in [2.24, 2.45) is 11.7 Å². The Bertz CT molecular complexity index is 573. The van der Waals surface area contributed by atoms with Crippen molar-refractivity contribution in [1.29, 1.82) is 0 Å². The quantitative estimate of drug-likeness (QED) is 0.739. The first-order valence-electron chi connectivity index (χ1n) is 9.16. The van der Waals surface area contributed by atoms with Gasteiger partial charge in [0.05, 0.1) is 6.42 Å². The number of likely N-dealkylation sites (tertiary alicyclic amines) is 1. The van der Waals surface area contributed by atoms with Crippen LogP contribution in [0.25, 0.3) is 0 Å². The van der Waals surface area contributed by atoms with E-state index in [1.165, 1.54) is 0 Å². The van der Waals surface area contributed by atoms with Gasteiger partial charge in [-0.2, -0.15) is 0 Å². The molecule has 3 amide bonds. The van der Waals surface area contributed by atoms with Crippen LogP contribution >= 0.6 is 0 Å².